The Morgan fingerprint density at radius 3 is 2.65 bits per heavy atom. The van der Waals surface area contributed by atoms with Crippen molar-refractivity contribution >= 4 is 24.0 Å². The van der Waals surface area contributed by atoms with E-state index in [0.29, 0.717) is 5.69 Å². The summed E-state index contributed by atoms with van der Waals surface area (Å²) < 4.78 is 9.16. The second kappa shape index (κ2) is 8.81. The number of aromatic amines is 1. The molecule has 0 aromatic carbocycles. The molecule has 23 heavy (non-hydrogen) atoms. The zero-order chi connectivity index (χ0) is 17.2. The van der Waals surface area contributed by atoms with Crippen molar-refractivity contribution in [2.45, 2.75) is 6.92 Å². The number of amides is 3. The highest BCUT2D eigenvalue weighted by molar-refractivity contribution is 5.88. The first-order chi connectivity index (χ1) is 10.9. The van der Waals surface area contributed by atoms with Crippen molar-refractivity contribution in [1.82, 2.24) is 20.8 Å². The third-order valence-corrected chi connectivity index (χ3v) is 2.11. The van der Waals surface area contributed by atoms with Gasteiger partial charge in [0.05, 0.1) is 0 Å². The molecule has 1 heterocycles. The number of H-pyrrole nitrogens is 1. The number of hydrogen-bond donors (Lipinski definition) is 4. The summed E-state index contributed by atoms with van der Waals surface area (Å²) in [6.07, 6.45) is -0.00388. The third-order valence-electron chi connectivity index (χ3n) is 2.11. The van der Waals surface area contributed by atoms with Crippen LogP contribution in [0.4, 0.5) is 15.5 Å². The van der Waals surface area contributed by atoms with Gasteiger partial charge in [-0.1, -0.05) is 6.58 Å². The molecule has 1 aromatic heterocycles. The standard InChI is InChI=1S/C12H15N5O6/c1-3-9(19)22-4-5-23-12(21)17-16-11(20)15-10-13-7(2)6-8(18)14-10/h3,6H,1,4-5H2,2H3,(H,17,21)(H3,13,14,15,16,18,20). The SMILES string of the molecule is C=CC(=O)OCCOC(=O)NNC(=O)Nc1nc(C)cc(=O)[nH]1. The fourth-order valence-electron chi connectivity index (χ4n) is 1.26. The molecule has 0 bridgehead atoms. The lowest BCUT2D eigenvalue weighted by molar-refractivity contribution is -0.138. The predicted octanol–water partition coefficient (Wildman–Crippen LogP) is -0.430. The molecule has 0 saturated carbocycles. The Kier molecular flexibility index (Phi) is 6.78. The maximum Gasteiger partial charge on any atom is 0.426 e. The van der Waals surface area contributed by atoms with Gasteiger partial charge >= 0.3 is 18.1 Å². The monoisotopic (exact) mass is 325 g/mol. The van der Waals surface area contributed by atoms with Gasteiger partial charge in [-0.15, -0.1) is 0 Å². The van der Waals surface area contributed by atoms with Gasteiger partial charge in [-0.25, -0.2) is 30.2 Å². The number of nitrogens with zero attached hydrogens (tertiary/aromatic N) is 1. The number of nitrogens with one attached hydrogen (secondary N) is 4. The third kappa shape index (κ3) is 7.27. The van der Waals surface area contributed by atoms with Crippen LogP contribution in [0.5, 0.6) is 0 Å². The Morgan fingerprint density at radius 2 is 2.00 bits per heavy atom. The van der Waals surface area contributed by atoms with Crippen LogP contribution in [0.1, 0.15) is 5.69 Å². The van der Waals surface area contributed by atoms with Gasteiger partial charge in [0, 0.05) is 17.8 Å². The number of hydrogen-bond acceptors (Lipinski definition) is 7. The lowest BCUT2D eigenvalue weighted by Crippen LogP contribution is -2.44. The summed E-state index contributed by atoms with van der Waals surface area (Å²) in [6, 6.07) is 0.395. The molecule has 0 unspecified atom stereocenters. The van der Waals surface area contributed by atoms with Crippen molar-refractivity contribution in [3.05, 3.63) is 34.8 Å². The molecular weight excluding hydrogens is 310 g/mol. The van der Waals surface area contributed by atoms with Gasteiger partial charge in [-0.2, -0.15) is 0 Å². The fourth-order valence-corrected chi connectivity index (χ4v) is 1.26. The number of hydrazine groups is 1. The Labute approximate surface area is 130 Å². The number of carbonyl (C=O) groups is 3. The van der Waals surface area contributed by atoms with Crippen LogP contribution in [-0.4, -0.2) is 41.3 Å². The molecule has 11 heteroatoms. The van der Waals surface area contributed by atoms with E-state index in [-0.39, 0.29) is 19.2 Å². The molecule has 0 aliphatic carbocycles. The number of ether oxygens (including phenoxy) is 2. The van der Waals surface area contributed by atoms with E-state index in [1.165, 1.54) is 6.07 Å². The fraction of sp³-hybridized carbons (Fsp3) is 0.250. The maximum atomic E-state index is 11.5. The molecule has 124 valence electrons. The molecule has 0 atom stereocenters. The topological polar surface area (TPSA) is 152 Å². The largest absolute Gasteiger partial charge is 0.459 e. The first kappa shape index (κ1) is 17.7. The smallest absolute Gasteiger partial charge is 0.426 e. The van der Waals surface area contributed by atoms with Crippen molar-refractivity contribution in [1.29, 1.82) is 0 Å². The minimum Gasteiger partial charge on any atom is -0.459 e. The quantitative estimate of drug-likeness (QED) is 0.248. The molecule has 1 rings (SSSR count). The Balaban J connectivity index is 2.27. The second-order valence-electron chi connectivity index (χ2n) is 3.95. The number of anilines is 1. The molecule has 0 radical (unpaired) electrons. The van der Waals surface area contributed by atoms with Gasteiger partial charge in [0.1, 0.15) is 13.2 Å². The Hall–Kier alpha value is -3.37. The summed E-state index contributed by atoms with van der Waals surface area (Å²) >= 11 is 0. The average Bonchev–Trinajstić information content (AvgIpc) is 2.48. The van der Waals surface area contributed by atoms with Gasteiger partial charge in [0.2, 0.25) is 5.95 Å². The van der Waals surface area contributed by atoms with Gasteiger partial charge in [0.25, 0.3) is 5.56 Å². The van der Waals surface area contributed by atoms with E-state index in [0.717, 1.165) is 6.08 Å². The van der Waals surface area contributed by atoms with Crippen LogP contribution in [-0.2, 0) is 14.3 Å². The molecule has 0 aliphatic heterocycles. The van der Waals surface area contributed by atoms with E-state index in [1.54, 1.807) is 6.92 Å². The number of rotatable bonds is 5. The Bertz CT molecular complexity index is 656. The van der Waals surface area contributed by atoms with Crippen molar-refractivity contribution in [2.75, 3.05) is 18.5 Å². The van der Waals surface area contributed by atoms with Crippen LogP contribution in [0.3, 0.4) is 0 Å². The summed E-state index contributed by atoms with van der Waals surface area (Å²) in [5, 5.41) is 2.20. The maximum absolute atomic E-state index is 11.5. The van der Waals surface area contributed by atoms with Crippen molar-refractivity contribution in [2.24, 2.45) is 0 Å². The van der Waals surface area contributed by atoms with Crippen molar-refractivity contribution in [3.8, 4) is 0 Å². The van der Waals surface area contributed by atoms with E-state index in [2.05, 4.69) is 31.3 Å². The van der Waals surface area contributed by atoms with Crippen LogP contribution in [0, 0.1) is 6.92 Å². The lowest BCUT2D eigenvalue weighted by Gasteiger charge is -2.09. The van der Waals surface area contributed by atoms with Crippen LogP contribution >= 0.6 is 0 Å². The van der Waals surface area contributed by atoms with E-state index in [9.17, 15) is 19.2 Å². The van der Waals surface area contributed by atoms with E-state index in [1.807, 2.05) is 10.9 Å². The second-order valence-corrected chi connectivity index (χ2v) is 3.95. The predicted molar refractivity (Wildman–Crippen MR) is 77.4 cm³/mol. The first-order valence-corrected chi connectivity index (χ1v) is 6.27. The van der Waals surface area contributed by atoms with Crippen LogP contribution in [0.25, 0.3) is 0 Å². The highest BCUT2D eigenvalue weighted by Crippen LogP contribution is 1.94. The van der Waals surface area contributed by atoms with Gasteiger partial charge in [-0.05, 0) is 6.92 Å². The summed E-state index contributed by atoms with van der Waals surface area (Å²) in [6.45, 7) is 4.41. The van der Waals surface area contributed by atoms with Crippen LogP contribution in [0.15, 0.2) is 23.5 Å². The molecular formula is C12H15N5O6. The molecule has 4 N–H and O–H groups in total. The van der Waals surface area contributed by atoms with Crippen LogP contribution < -0.4 is 21.7 Å². The van der Waals surface area contributed by atoms with E-state index in [4.69, 9.17) is 0 Å². The van der Waals surface area contributed by atoms with Gasteiger partial charge in [0.15, 0.2) is 0 Å². The number of carbonyl (C=O) groups excluding carboxylic acids is 3. The minimum atomic E-state index is -0.972. The molecule has 0 spiro atoms. The zero-order valence-corrected chi connectivity index (χ0v) is 12.2. The van der Waals surface area contributed by atoms with Gasteiger partial charge in [-0.3, -0.25) is 15.1 Å². The van der Waals surface area contributed by atoms with Crippen molar-refractivity contribution < 1.29 is 23.9 Å². The molecule has 0 fully saturated rings. The average molecular weight is 325 g/mol. The number of aryl methyl sites for hydroxylation is 1. The van der Waals surface area contributed by atoms with Crippen molar-refractivity contribution in [3.63, 3.8) is 0 Å². The summed E-state index contributed by atoms with van der Waals surface area (Å²) in [5.74, 6) is -0.731. The molecule has 0 saturated heterocycles. The molecule has 0 aliphatic rings. The van der Waals surface area contributed by atoms with Crippen LogP contribution in [0.2, 0.25) is 0 Å². The highest BCUT2D eigenvalue weighted by atomic mass is 16.6. The molecule has 3 amide bonds. The summed E-state index contributed by atoms with van der Waals surface area (Å²) in [5.41, 5.74) is 3.87. The number of aromatic nitrogens is 2. The first-order valence-electron chi connectivity index (χ1n) is 6.27. The lowest BCUT2D eigenvalue weighted by atomic mass is 10.4. The summed E-state index contributed by atoms with van der Waals surface area (Å²) in [7, 11) is 0. The normalized spacial score (nSPS) is 9.43. The molecule has 1 aromatic rings. The molecule has 11 nitrogen and oxygen atoms in total. The van der Waals surface area contributed by atoms with E-state index < -0.39 is 23.7 Å². The van der Waals surface area contributed by atoms with E-state index >= 15 is 0 Å². The van der Waals surface area contributed by atoms with Gasteiger partial charge < -0.3 is 9.47 Å². The Morgan fingerprint density at radius 1 is 1.30 bits per heavy atom. The zero-order valence-electron chi connectivity index (χ0n) is 12.2. The minimum absolute atomic E-state index is 0.0843. The summed E-state index contributed by atoms with van der Waals surface area (Å²) in [4.78, 5) is 50.7. The number of esters is 1. The number of urea groups is 1. The highest BCUT2D eigenvalue weighted by Gasteiger charge is 2.07.